The topological polar surface area (TPSA) is 38.3 Å². The van der Waals surface area contributed by atoms with Crippen molar-refractivity contribution in [1.82, 2.24) is 5.32 Å². The van der Waals surface area contributed by atoms with Crippen LogP contribution in [0.15, 0.2) is 84.9 Å². The number of rotatable bonds is 6. The van der Waals surface area contributed by atoms with Gasteiger partial charge in [-0.25, -0.2) is 9.18 Å². The van der Waals surface area contributed by atoms with Gasteiger partial charge in [-0.1, -0.05) is 72.8 Å². The number of ether oxygens (including phenoxy) is 1. The van der Waals surface area contributed by atoms with Crippen LogP contribution in [0.2, 0.25) is 0 Å². The Hall–Kier alpha value is -3.50. The van der Waals surface area contributed by atoms with Crippen molar-refractivity contribution in [2.45, 2.75) is 31.7 Å². The highest BCUT2D eigenvalue weighted by Gasteiger charge is 2.29. The van der Waals surface area contributed by atoms with Crippen molar-refractivity contribution in [3.05, 3.63) is 119 Å². The molecule has 0 radical (unpaired) electrons. The molecule has 4 heteroatoms. The molecule has 0 aliphatic heterocycles. The van der Waals surface area contributed by atoms with Crippen molar-refractivity contribution in [1.29, 1.82) is 0 Å². The zero-order valence-electron chi connectivity index (χ0n) is 20.1. The molecule has 2 unspecified atom stereocenters. The number of halogens is 1. The van der Waals surface area contributed by atoms with Gasteiger partial charge in [-0.2, -0.15) is 0 Å². The van der Waals surface area contributed by atoms with Crippen LogP contribution in [0.3, 0.4) is 0 Å². The minimum atomic E-state index is -0.643. The molecule has 0 fully saturated rings. The van der Waals surface area contributed by atoms with Crippen molar-refractivity contribution in [3.63, 3.8) is 0 Å². The minimum absolute atomic E-state index is 0.00712. The largest absolute Gasteiger partial charge is 0.465 e. The molecule has 5 rings (SSSR count). The predicted molar refractivity (Wildman–Crippen MR) is 138 cm³/mol. The molecule has 0 spiro atoms. The SMILES string of the molecule is COC(=O)c1cc(C2CC(CN[C@H](C)c3cccc4ccccc34)Cc3ccccc32)ccc1F. The summed E-state index contributed by atoms with van der Waals surface area (Å²) in [5, 5.41) is 6.31. The molecule has 4 aromatic rings. The Morgan fingerprint density at radius 1 is 1.03 bits per heavy atom. The van der Waals surface area contributed by atoms with Crippen molar-refractivity contribution in [3.8, 4) is 0 Å². The van der Waals surface area contributed by atoms with Crippen molar-refractivity contribution in [2.24, 2.45) is 5.92 Å². The maximum Gasteiger partial charge on any atom is 0.340 e. The zero-order valence-corrected chi connectivity index (χ0v) is 20.1. The van der Waals surface area contributed by atoms with Crippen LogP contribution in [0, 0.1) is 11.7 Å². The number of fused-ring (bicyclic) bond motifs is 2. The molecule has 0 heterocycles. The third-order valence-corrected chi connectivity index (χ3v) is 7.31. The number of hydrogen-bond donors (Lipinski definition) is 1. The van der Waals surface area contributed by atoms with Crippen LogP contribution in [-0.2, 0) is 11.2 Å². The second kappa shape index (κ2) is 10.0. The van der Waals surface area contributed by atoms with Gasteiger partial charge in [-0.3, -0.25) is 0 Å². The predicted octanol–water partition coefficient (Wildman–Crippen LogP) is 6.81. The Morgan fingerprint density at radius 2 is 1.80 bits per heavy atom. The normalized spacial score (nSPS) is 18.1. The summed E-state index contributed by atoms with van der Waals surface area (Å²) in [6.45, 7) is 3.10. The first-order valence-corrected chi connectivity index (χ1v) is 12.2. The monoisotopic (exact) mass is 467 g/mol. The van der Waals surface area contributed by atoms with Crippen LogP contribution >= 0.6 is 0 Å². The van der Waals surface area contributed by atoms with Crippen molar-refractivity contribution in [2.75, 3.05) is 13.7 Å². The molecule has 0 aromatic heterocycles. The molecule has 0 saturated heterocycles. The van der Waals surface area contributed by atoms with E-state index in [1.807, 2.05) is 0 Å². The molecule has 0 bridgehead atoms. The molecule has 3 atom stereocenters. The number of methoxy groups -OCH3 is 1. The van der Waals surface area contributed by atoms with Crippen LogP contribution in [-0.4, -0.2) is 19.6 Å². The fourth-order valence-corrected chi connectivity index (χ4v) is 5.49. The van der Waals surface area contributed by atoms with Gasteiger partial charge in [0.05, 0.1) is 12.7 Å². The van der Waals surface area contributed by atoms with E-state index in [0.717, 1.165) is 24.9 Å². The molecule has 0 amide bonds. The first-order valence-electron chi connectivity index (χ1n) is 12.2. The van der Waals surface area contributed by atoms with E-state index < -0.39 is 11.8 Å². The Labute approximate surface area is 205 Å². The van der Waals surface area contributed by atoms with Gasteiger partial charge in [0, 0.05) is 12.0 Å². The van der Waals surface area contributed by atoms with Gasteiger partial charge in [-0.15, -0.1) is 0 Å². The van der Waals surface area contributed by atoms with Gasteiger partial charge in [0.2, 0.25) is 0 Å². The summed E-state index contributed by atoms with van der Waals surface area (Å²) in [5.74, 6) is -0.676. The average Bonchev–Trinajstić information content (AvgIpc) is 2.90. The Bertz CT molecular complexity index is 1360. The molecule has 3 nitrogen and oxygen atoms in total. The summed E-state index contributed by atoms with van der Waals surface area (Å²) in [6.07, 6.45) is 1.92. The van der Waals surface area contributed by atoms with E-state index in [9.17, 15) is 9.18 Å². The minimum Gasteiger partial charge on any atom is -0.465 e. The highest BCUT2D eigenvalue weighted by Crippen LogP contribution is 2.40. The summed E-state index contributed by atoms with van der Waals surface area (Å²) >= 11 is 0. The first-order chi connectivity index (χ1) is 17.0. The number of esters is 1. The summed E-state index contributed by atoms with van der Waals surface area (Å²) in [4.78, 5) is 12.1. The van der Waals surface area contributed by atoms with Gasteiger partial charge in [0.15, 0.2) is 0 Å². The first kappa shape index (κ1) is 23.3. The number of carbonyl (C=O) groups excluding carboxylic acids is 1. The second-order valence-corrected chi connectivity index (χ2v) is 9.49. The summed E-state index contributed by atoms with van der Waals surface area (Å²) in [6, 6.07) is 28.5. The van der Waals surface area contributed by atoms with Crippen LogP contribution < -0.4 is 5.32 Å². The van der Waals surface area contributed by atoms with E-state index in [1.54, 1.807) is 12.1 Å². The number of nitrogens with one attached hydrogen (secondary N) is 1. The molecule has 0 saturated carbocycles. The lowest BCUT2D eigenvalue weighted by molar-refractivity contribution is 0.0595. The molecule has 1 N–H and O–H groups in total. The standard InChI is InChI=1S/C31H30FNO2/c1-20(25-13-7-10-22-8-3-5-11-26(22)25)33-19-21-16-23-9-4-6-12-27(23)28(17-21)24-14-15-30(32)29(18-24)31(34)35-2/h3-15,18,20-21,28,33H,16-17,19H2,1-2H3/t20-,21?,28?/m1/s1. The summed E-state index contributed by atoms with van der Waals surface area (Å²) in [5.41, 5.74) is 4.82. The van der Waals surface area contributed by atoms with E-state index in [2.05, 4.69) is 79.0 Å². The molecule has 1 aliphatic carbocycles. The van der Waals surface area contributed by atoms with E-state index in [0.29, 0.717) is 5.92 Å². The Balaban J connectivity index is 1.39. The van der Waals surface area contributed by atoms with Gasteiger partial charge in [0.25, 0.3) is 0 Å². The highest BCUT2D eigenvalue weighted by atomic mass is 19.1. The van der Waals surface area contributed by atoms with Gasteiger partial charge in [-0.05, 0) is 77.4 Å². The average molecular weight is 468 g/mol. The molecular formula is C31H30FNO2. The third-order valence-electron chi connectivity index (χ3n) is 7.31. The van der Waals surface area contributed by atoms with Gasteiger partial charge in [0.1, 0.15) is 5.82 Å². The lowest BCUT2D eigenvalue weighted by atomic mass is 9.73. The number of benzene rings is 4. The maximum absolute atomic E-state index is 14.3. The van der Waals surface area contributed by atoms with E-state index in [-0.39, 0.29) is 17.5 Å². The molecule has 35 heavy (non-hydrogen) atoms. The quantitative estimate of drug-likeness (QED) is 0.317. The molecule has 4 aromatic carbocycles. The van der Waals surface area contributed by atoms with Gasteiger partial charge >= 0.3 is 5.97 Å². The lowest BCUT2D eigenvalue weighted by Crippen LogP contribution is -2.31. The fourth-order valence-electron chi connectivity index (χ4n) is 5.49. The maximum atomic E-state index is 14.3. The number of carbonyl (C=O) groups is 1. The molecular weight excluding hydrogens is 437 g/mol. The lowest BCUT2D eigenvalue weighted by Gasteiger charge is -2.33. The van der Waals surface area contributed by atoms with E-state index in [4.69, 9.17) is 4.74 Å². The Morgan fingerprint density at radius 3 is 2.66 bits per heavy atom. The Kier molecular flexibility index (Phi) is 6.65. The van der Waals surface area contributed by atoms with Crippen LogP contribution in [0.5, 0.6) is 0 Å². The van der Waals surface area contributed by atoms with Crippen molar-refractivity contribution >= 4 is 16.7 Å². The second-order valence-electron chi connectivity index (χ2n) is 9.49. The van der Waals surface area contributed by atoms with Crippen LogP contribution in [0.1, 0.15) is 57.9 Å². The van der Waals surface area contributed by atoms with E-state index >= 15 is 0 Å². The number of hydrogen-bond acceptors (Lipinski definition) is 3. The van der Waals surface area contributed by atoms with Crippen LogP contribution in [0.25, 0.3) is 10.8 Å². The smallest absolute Gasteiger partial charge is 0.340 e. The summed E-state index contributed by atoms with van der Waals surface area (Å²) < 4.78 is 19.1. The zero-order chi connectivity index (χ0) is 24.4. The van der Waals surface area contributed by atoms with E-state index in [1.165, 1.54) is 40.6 Å². The molecule has 178 valence electrons. The fraction of sp³-hybridized carbons (Fsp3) is 0.258. The van der Waals surface area contributed by atoms with Crippen molar-refractivity contribution < 1.29 is 13.9 Å². The van der Waals surface area contributed by atoms with Gasteiger partial charge < -0.3 is 10.1 Å². The summed E-state index contributed by atoms with van der Waals surface area (Å²) in [7, 11) is 1.28. The molecule has 1 aliphatic rings. The van der Waals surface area contributed by atoms with Crippen LogP contribution in [0.4, 0.5) is 4.39 Å². The highest BCUT2D eigenvalue weighted by molar-refractivity contribution is 5.90. The third kappa shape index (κ3) is 4.71.